The van der Waals surface area contributed by atoms with Gasteiger partial charge in [0.1, 0.15) is 0 Å². The van der Waals surface area contributed by atoms with E-state index in [0.29, 0.717) is 11.5 Å². The molecule has 5 heteroatoms. The number of rotatable bonds is 6. The van der Waals surface area contributed by atoms with E-state index < -0.39 is 11.9 Å². The van der Waals surface area contributed by atoms with E-state index >= 15 is 0 Å². The van der Waals surface area contributed by atoms with Crippen LogP contribution in [-0.2, 0) is 4.79 Å². The van der Waals surface area contributed by atoms with E-state index in [-0.39, 0.29) is 12.5 Å². The van der Waals surface area contributed by atoms with Crippen LogP contribution in [0.4, 0.5) is 0 Å². The number of benzene rings is 1. The third-order valence-electron chi connectivity index (χ3n) is 3.63. The van der Waals surface area contributed by atoms with Crippen LogP contribution in [0.15, 0.2) is 18.2 Å². The molecule has 1 atom stereocenters. The van der Waals surface area contributed by atoms with Crippen molar-refractivity contribution in [1.82, 2.24) is 0 Å². The number of methoxy groups -OCH3 is 1. The summed E-state index contributed by atoms with van der Waals surface area (Å²) in [5.41, 5.74) is 12.0. The topological polar surface area (TPSA) is 87.6 Å². The van der Waals surface area contributed by atoms with Crippen molar-refractivity contribution < 1.29 is 14.3 Å². The molecule has 20 heavy (non-hydrogen) atoms. The molecule has 5 nitrogen and oxygen atoms in total. The fourth-order valence-corrected chi connectivity index (χ4v) is 2.54. The van der Waals surface area contributed by atoms with Crippen molar-refractivity contribution >= 4 is 5.91 Å². The number of carbonyl (C=O) groups is 1. The Morgan fingerprint density at radius 2 is 2.05 bits per heavy atom. The molecular weight excluding hydrogens is 256 g/mol. The minimum atomic E-state index is -0.413. The molecule has 0 aliphatic heterocycles. The summed E-state index contributed by atoms with van der Waals surface area (Å²) in [5, 5.41) is 0. The summed E-state index contributed by atoms with van der Waals surface area (Å²) >= 11 is 0. The largest absolute Gasteiger partial charge is 0.493 e. The average molecular weight is 278 g/mol. The number of primary amides is 1. The molecule has 4 N–H and O–H groups in total. The number of nitrogens with two attached hydrogens (primary N) is 2. The lowest BCUT2D eigenvalue weighted by atomic mass is 10.0. The summed E-state index contributed by atoms with van der Waals surface area (Å²) in [6, 6.07) is 5.10. The van der Waals surface area contributed by atoms with Gasteiger partial charge < -0.3 is 20.9 Å². The predicted molar refractivity (Wildman–Crippen MR) is 76.6 cm³/mol. The van der Waals surface area contributed by atoms with Gasteiger partial charge in [0.15, 0.2) is 11.5 Å². The van der Waals surface area contributed by atoms with Crippen molar-refractivity contribution in [2.45, 2.75) is 44.2 Å². The number of amides is 1. The molecule has 1 unspecified atom stereocenters. The third-order valence-corrected chi connectivity index (χ3v) is 3.63. The number of ether oxygens (including phenoxy) is 2. The fourth-order valence-electron chi connectivity index (χ4n) is 2.54. The van der Waals surface area contributed by atoms with Gasteiger partial charge in [0, 0.05) is 12.5 Å². The maximum atomic E-state index is 11.0. The Morgan fingerprint density at radius 3 is 2.65 bits per heavy atom. The van der Waals surface area contributed by atoms with Crippen LogP contribution < -0.4 is 20.9 Å². The monoisotopic (exact) mass is 278 g/mol. The molecular formula is C15H22N2O3. The van der Waals surface area contributed by atoms with Gasteiger partial charge in [-0.25, -0.2) is 0 Å². The summed E-state index contributed by atoms with van der Waals surface area (Å²) < 4.78 is 11.3. The van der Waals surface area contributed by atoms with Gasteiger partial charge in [0.2, 0.25) is 5.91 Å². The molecule has 1 aromatic rings. The van der Waals surface area contributed by atoms with Crippen LogP contribution in [0.5, 0.6) is 11.5 Å². The minimum Gasteiger partial charge on any atom is -0.493 e. The highest BCUT2D eigenvalue weighted by molar-refractivity contribution is 5.74. The Balaban J connectivity index is 2.16. The van der Waals surface area contributed by atoms with E-state index in [0.717, 1.165) is 18.4 Å². The predicted octanol–water partition coefficient (Wildman–Crippen LogP) is 1.89. The van der Waals surface area contributed by atoms with E-state index in [4.69, 9.17) is 20.9 Å². The first-order valence-corrected chi connectivity index (χ1v) is 6.98. The molecule has 0 saturated heterocycles. The summed E-state index contributed by atoms with van der Waals surface area (Å²) in [6.07, 6.45) is 4.91. The fraction of sp³-hybridized carbons (Fsp3) is 0.533. The Hall–Kier alpha value is -1.75. The summed E-state index contributed by atoms with van der Waals surface area (Å²) in [5.74, 6) is 0.968. The molecule has 0 bridgehead atoms. The zero-order valence-electron chi connectivity index (χ0n) is 11.8. The first kappa shape index (κ1) is 14.7. The SMILES string of the molecule is COc1ccc(C(N)CC(N)=O)cc1OC1CCCC1. The van der Waals surface area contributed by atoms with Crippen molar-refractivity contribution in [2.24, 2.45) is 11.5 Å². The third kappa shape index (κ3) is 3.63. The van der Waals surface area contributed by atoms with Crippen LogP contribution in [0.3, 0.4) is 0 Å². The molecule has 1 amide bonds. The number of hydrogen-bond donors (Lipinski definition) is 2. The van der Waals surface area contributed by atoms with Gasteiger partial charge in [-0.3, -0.25) is 4.79 Å². The molecule has 0 heterocycles. The van der Waals surface area contributed by atoms with Gasteiger partial charge in [0.05, 0.1) is 13.2 Å². The van der Waals surface area contributed by atoms with Crippen LogP contribution in [0.1, 0.15) is 43.7 Å². The van der Waals surface area contributed by atoms with Crippen molar-refractivity contribution in [3.8, 4) is 11.5 Å². The molecule has 1 aromatic carbocycles. The normalized spacial score (nSPS) is 16.9. The van der Waals surface area contributed by atoms with Gasteiger partial charge in [0.25, 0.3) is 0 Å². The number of hydrogen-bond acceptors (Lipinski definition) is 4. The van der Waals surface area contributed by atoms with E-state index in [1.165, 1.54) is 12.8 Å². The van der Waals surface area contributed by atoms with Crippen molar-refractivity contribution in [1.29, 1.82) is 0 Å². The van der Waals surface area contributed by atoms with E-state index in [9.17, 15) is 4.79 Å². The maximum Gasteiger partial charge on any atom is 0.219 e. The Morgan fingerprint density at radius 1 is 1.35 bits per heavy atom. The summed E-state index contributed by atoms with van der Waals surface area (Å²) in [7, 11) is 1.61. The second kappa shape index (κ2) is 6.61. The van der Waals surface area contributed by atoms with Gasteiger partial charge in [-0.05, 0) is 43.4 Å². The summed E-state index contributed by atoms with van der Waals surface area (Å²) in [4.78, 5) is 11.0. The molecule has 1 aliphatic carbocycles. The molecule has 110 valence electrons. The zero-order valence-corrected chi connectivity index (χ0v) is 11.8. The Kier molecular flexibility index (Phi) is 4.84. The smallest absolute Gasteiger partial charge is 0.219 e. The highest BCUT2D eigenvalue weighted by atomic mass is 16.5. The first-order valence-electron chi connectivity index (χ1n) is 6.98. The molecule has 2 rings (SSSR count). The van der Waals surface area contributed by atoms with Crippen LogP contribution in [-0.4, -0.2) is 19.1 Å². The molecule has 1 aliphatic rings. The highest BCUT2D eigenvalue weighted by Gasteiger charge is 2.19. The number of carbonyl (C=O) groups excluding carboxylic acids is 1. The van der Waals surface area contributed by atoms with E-state index in [2.05, 4.69) is 0 Å². The zero-order chi connectivity index (χ0) is 14.5. The average Bonchev–Trinajstić information content (AvgIpc) is 2.90. The highest BCUT2D eigenvalue weighted by Crippen LogP contribution is 2.33. The lowest BCUT2D eigenvalue weighted by molar-refractivity contribution is -0.118. The van der Waals surface area contributed by atoms with Crippen LogP contribution in [0.2, 0.25) is 0 Å². The molecule has 0 spiro atoms. The lowest BCUT2D eigenvalue weighted by Crippen LogP contribution is -2.21. The van der Waals surface area contributed by atoms with Crippen LogP contribution in [0, 0.1) is 0 Å². The van der Waals surface area contributed by atoms with Crippen LogP contribution in [0.25, 0.3) is 0 Å². The molecule has 0 aromatic heterocycles. The maximum absolute atomic E-state index is 11.0. The molecule has 1 saturated carbocycles. The van der Waals surface area contributed by atoms with Crippen molar-refractivity contribution in [3.63, 3.8) is 0 Å². The van der Waals surface area contributed by atoms with Crippen molar-refractivity contribution in [2.75, 3.05) is 7.11 Å². The van der Waals surface area contributed by atoms with E-state index in [1.54, 1.807) is 7.11 Å². The van der Waals surface area contributed by atoms with Gasteiger partial charge >= 0.3 is 0 Å². The minimum absolute atomic E-state index is 0.120. The Bertz CT molecular complexity index is 470. The van der Waals surface area contributed by atoms with Crippen LogP contribution >= 0.6 is 0 Å². The second-order valence-electron chi connectivity index (χ2n) is 5.21. The summed E-state index contributed by atoms with van der Waals surface area (Å²) in [6.45, 7) is 0. The van der Waals surface area contributed by atoms with Gasteiger partial charge in [-0.1, -0.05) is 6.07 Å². The first-order chi connectivity index (χ1) is 9.60. The van der Waals surface area contributed by atoms with Gasteiger partial charge in [-0.2, -0.15) is 0 Å². The molecule has 0 radical (unpaired) electrons. The van der Waals surface area contributed by atoms with Crippen molar-refractivity contribution in [3.05, 3.63) is 23.8 Å². The second-order valence-corrected chi connectivity index (χ2v) is 5.21. The van der Waals surface area contributed by atoms with E-state index in [1.807, 2.05) is 18.2 Å². The molecule has 1 fully saturated rings. The van der Waals surface area contributed by atoms with Gasteiger partial charge in [-0.15, -0.1) is 0 Å². The quantitative estimate of drug-likeness (QED) is 0.831. The Labute approximate surface area is 119 Å². The lowest BCUT2D eigenvalue weighted by Gasteiger charge is -2.18. The standard InChI is InChI=1S/C15H22N2O3/c1-19-13-7-6-10(12(16)9-15(17)18)8-14(13)20-11-4-2-3-5-11/h6-8,11-12H,2-5,9,16H2,1H3,(H2,17,18).